The van der Waals surface area contributed by atoms with E-state index >= 15 is 0 Å². The van der Waals surface area contributed by atoms with E-state index in [1.807, 2.05) is 51.3 Å². The van der Waals surface area contributed by atoms with Crippen molar-refractivity contribution >= 4 is 62.9 Å². The predicted molar refractivity (Wildman–Crippen MR) is 329 cm³/mol. The van der Waals surface area contributed by atoms with Crippen molar-refractivity contribution in [1.82, 2.24) is 40.4 Å². The number of ether oxygens (including phenoxy) is 2. The monoisotopic (exact) mass is 1230 g/mol. The molecule has 14 aliphatic rings. The summed E-state index contributed by atoms with van der Waals surface area (Å²) in [6.07, 6.45) is 12.6. The second kappa shape index (κ2) is 26.7. The van der Waals surface area contributed by atoms with Crippen LogP contribution in [0, 0.1) is 34.5 Å². The van der Waals surface area contributed by atoms with E-state index in [0.29, 0.717) is 61.3 Å². The summed E-state index contributed by atoms with van der Waals surface area (Å²) in [6.45, 7) is 32.3. The van der Waals surface area contributed by atoms with Crippen LogP contribution in [0.15, 0.2) is 0 Å². The van der Waals surface area contributed by atoms with Gasteiger partial charge in [-0.25, -0.2) is 9.59 Å². The molecule has 0 aromatic rings. The molecule has 4 bridgehead atoms. The number of hydrogen-bond acceptors (Lipinski definition) is 17. The zero-order valence-electron chi connectivity index (χ0n) is 53.9. The summed E-state index contributed by atoms with van der Waals surface area (Å²) in [4.78, 5) is 69.7. The molecule has 6 saturated carbocycles. The Labute approximate surface area is 518 Å². The molecule has 8 aliphatic heterocycles. The number of nitrogens with one attached hydrogen (secondary N) is 3. The van der Waals surface area contributed by atoms with Crippen LogP contribution < -0.4 is 21.7 Å². The Hall–Kier alpha value is -2.97. The Bertz CT molecular complexity index is 2400. The summed E-state index contributed by atoms with van der Waals surface area (Å²) in [5.41, 5.74) is 4.99. The quantitative estimate of drug-likeness (QED) is 0.132. The zero-order valence-corrected chi connectivity index (χ0v) is 54.7. The molecule has 14 rings (SSSR count). The molecule has 86 heavy (non-hydrogen) atoms. The molecule has 14 atom stereocenters. The van der Waals surface area contributed by atoms with E-state index in [1.165, 1.54) is 12.8 Å². The Kier molecular flexibility index (Phi) is 20.9. The standard InChI is InChI=1S/C25H42BN3O5.C16H25BClNO3.C10H20BN3O3.C9H18N2O2/c1-23(2,3)32-22(31)28-11-9-17(15-28)27-14-21(30)29-10-7-8-20(29)26-33-19-13-16-12-18(24(16,4)5)25(19,6)34-26;1-15(2)10-7-11(15)16(3)12(8-10)21-17(22-16)13-5-4-6-19(13)14(20)9-18;15-10(7-13-8-3-4-12-6-8)14-5-1-2-9(14)11(16)17;1-9(2,3)13-8(12)11-5-4-7(10)6-11/h16-20,27H,7-15H2,1-6H3;10-13H,4-9H2,1-3H3;8-9,12-13,16-17H,1-7H2;7H,4-6,10H2,1-3H3/t16-,17-,18-,19+,20-,25-;10-,11-,12+,13-,16-;8-,9-;7-/m0000/s1. The van der Waals surface area contributed by atoms with Crippen LogP contribution in [0.4, 0.5) is 9.59 Å². The number of alkyl halides is 1. The lowest BCUT2D eigenvalue weighted by Crippen LogP contribution is -2.65. The Morgan fingerprint density at radius 2 is 1.09 bits per heavy atom. The fourth-order valence-corrected chi connectivity index (χ4v) is 16.7. The highest BCUT2D eigenvalue weighted by molar-refractivity contribution is 6.48. The van der Waals surface area contributed by atoms with E-state index in [-0.39, 0.29) is 110 Å². The van der Waals surface area contributed by atoms with Gasteiger partial charge < -0.3 is 84.3 Å². The molecule has 8 heterocycles. The third-order valence-electron chi connectivity index (χ3n) is 21.7. The van der Waals surface area contributed by atoms with Crippen LogP contribution in [0.1, 0.15) is 167 Å². The van der Waals surface area contributed by atoms with Crippen molar-refractivity contribution in [2.24, 2.45) is 40.2 Å². The van der Waals surface area contributed by atoms with E-state index in [9.17, 15) is 34.0 Å². The minimum Gasteiger partial charge on any atom is -0.444 e. The third-order valence-corrected chi connectivity index (χ3v) is 22.0. The number of carbonyl (C=O) groups excluding carboxylic acids is 5. The third kappa shape index (κ3) is 14.7. The molecule has 0 spiro atoms. The predicted octanol–water partition coefficient (Wildman–Crippen LogP) is 4.22. The largest absolute Gasteiger partial charge is 0.481 e. The molecule has 5 amide bonds. The van der Waals surface area contributed by atoms with Crippen molar-refractivity contribution in [1.29, 1.82) is 0 Å². The minimum atomic E-state index is -1.42. The van der Waals surface area contributed by atoms with Gasteiger partial charge in [0.2, 0.25) is 17.7 Å². The van der Waals surface area contributed by atoms with Gasteiger partial charge in [-0.05, 0) is 180 Å². The lowest BCUT2D eigenvalue weighted by atomic mass is 9.43. The zero-order chi connectivity index (χ0) is 62.5. The van der Waals surface area contributed by atoms with Crippen LogP contribution in [-0.4, -0.2) is 234 Å². The SMILES string of the molecule is CC(C)(C)OC(=O)N1CC[C@H](N)C1.CC(C)(C)OC(=O)N1CC[C@H](NCC(=O)N2CCC[C@H]2B2O[C@@H]3C[C@@H]4C[C@@H](C4(C)C)[C@]3(C)O2)C1.CC1(C)[C@@H]2C[C@H]3OB([C@@H]4CCCN4C(=O)CCl)O[C@@]3(C)[C@H]1C2.O=C(CN[C@H]1CCNC1)N1CCC[C@H]1B(O)O. The summed E-state index contributed by atoms with van der Waals surface area (Å²) >= 11 is 5.75. The minimum absolute atomic E-state index is 0.000944. The van der Waals surface area contributed by atoms with Gasteiger partial charge in [-0.1, -0.05) is 27.7 Å². The van der Waals surface area contributed by atoms with Gasteiger partial charge in [0.15, 0.2) is 0 Å². The molecule has 0 radical (unpaired) electrons. The fraction of sp³-hybridized carbons (Fsp3) is 0.917. The van der Waals surface area contributed by atoms with Gasteiger partial charge in [0.05, 0.1) is 54.3 Å². The van der Waals surface area contributed by atoms with E-state index in [4.69, 9.17) is 45.4 Å². The molecule has 8 saturated heterocycles. The molecular formula is C60H105B3ClN9O13. The number of nitrogens with two attached hydrogens (primary N) is 1. The summed E-state index contributed by atoms with van der Waals surface area (Å²) in [5, 5.41) is 28.2. The topological polar surface area (TPSA) is 260 Å². The molecule has 7 N–H and O–H groups in total. The lowest BCUT2D eigenvalue weighted by Gasteiger charge is -2.64. The second-order valence-electron chi connectivity index (χ2n) is 30.5. The average Bonchev–Trinajstić information content (AvgIpc) is 1.40. The first-order chi connectivity index (χ1) is 40.3. The fourth-order valence-electron chi connectivity index (χ4n) is 16.6. The van der Waals surface area contributed by atoms with Gasteiger partial charge in [0.1, 0.15) is 17.1 Å². The van der Waals surface area contributed by atoms with Crippen LogP contribution in [-0.2, 0) is 42.5 Å². The number of carbonyl (C=O) groups is 5. The second-order valence-corrected chi connectivity index (χ2v) is 30.7. The van der Waals surface area contributed by atoms with Crippen LogP contribution in [0.25, 0.3) is 0 Å². The molecule has 14 fully saturated rings. The van der Waals surface area contributed by atoms with Crippen LogP contribution in [0.5, 0.6) is 0 Å². The van der Waals surface area contributed by atoms with Gasteiger partial charge in [0, 0.05) is 70.5 Å². The first kappa shape index (κ1) is 67.4. The van der Waals surface area contributed by atoms with Crippen molar-refractivity contribution in [2.45, 2.75) is 237 Å². The smallest absolute Gasteiger partial charge is 0.444 e. The average molecular weight is 1230 g/mol. The van der Waals surface area contributed by atoms with E-state index in [1.54, 1.807) is 14.7 Å². The van der Waals surface area contributed by atoms with Crippen molar-refractivity contribution in [3.8, 4) is 0 Å². The van der Waals surface area contributed by atoms with Crippen molar-refractivity contribution in [3.63, 3.8) is 0 Å². The summed E-state index contributed by atoms with van der Waals surface area (Å²) in [5.74, 6) is 2.25. The highest BCUT2D eigenvalue weighted by Crippen LogP contribution is 2.67. The number of hydrogen-bond donors (Lipinski definition) is 6. The van der Waals surface area contributed by atoms with Crippen molar-refractivity contribution in [3.05, 3.63) is 0 Å². The summed E-state index contributed by atoms with van der Waals surface area (Å²) < 4.78 is 36.6. The summed E-state index contributed by atoms with van der Waals surface area (Å²) in [7, 11) is -2.03. The maximum Gasteiger partial charge on any atom is 0.481 e. The Morgan fingerprint density at radius 1 is 0.628 bits per heavy atom. The number of nitrogens with zero attached hydrogens (tertiary/aromatic N) is 5. The van der Waals surface area contributed by atoms with Crippen LogP contribution in [0.2, 0.25) is 0 Å². The normalized spacial score (nSPS) is 36.2. The maximum atomic E-state index is 13.2. The van der Waals surface area contributed by atoms with Gasteiger partial charge >= 0.3 is 33.5 Å². The van der Waals surface area contributed by atoms with E-state index in [2.05, 4.69) is 57.5 Å². The number of likely N-dealkylation sites (tertiary alicyclic amines) is 5. The van der Waals surface area contributed by atoms with E-state index in [0.717, 1.165) is 109 Å². The van der Waals surface area contributed by atoms with Gasteiger partial charge in [-0.2, -0.15) is 0 Å². The molecule has 484 valence electrons. The number of halogens is 1. The first-order valence-corrected chi connectivity index (χ1v) is 33.2. The molecule has 0 unspecified atom stereocenters. The Balaban J connectivity index is 0.000000147. The van der Waals surface area contributed by atoms with Gasteiger partial charge in [-0.15, -0.1) is 11.6 Å². The van der Waals surface area contributed by atoms with E-state index < -0.39 is 24.3 Å². The highest BCUT2D eigenvalue weighted by Gasteiger charge is 2.70. The molecule has 0 aromatic heterocycles. The molecule has 0 aromatic carbocycles. The van der Waals surface area contributed by atoms with Crippen LogP contribution in [0.3, 0.4) is 0 Å². The number of rotatable bonds is 10. The molecule has 22 nitrogen and oxygen atoms in total. The van der Waals surface area contributed by atoms with Gasteiger partial charge in [0.25, 0.3) is 0 Å². The van der Waals surface area contributed by atoms with Crippen molar-refractivity contribution in [2.75, 3.05) is 77.9 Å². The highest BCUT2D eigenvalue weighted by atomic mass is 35.5. The Morgan fingerprint density at radius 3 is 1.55 bits per heavy atom. The molecule has 6 aliphatic carbocycles. The first-order valence-electron chi connectivity index (χ1n) is 32.7. The summed E-state index contributed by atoms with van der Waals surface area (Å²) in [6, 6.07) is 0.582. The number of amides is 5. The molecule has 26 heteroatoms. The van der Waals surface area contributed by atoms with Crippen LogP contribution >= 0.6 is 11.6 Å². The van der Waals surface area contributed by atoms with Crippen molar-refractivity contribution < 1.29 is 62.1 Å². The molecular weight excluding hydrogens is 1120 g/mol. The maximum absolute atomic E-state index is 13.2. The lowest BCUT2D eigenvalue weighted by molar-refractivity contribution is -0.199. The van der Waals surface area contributed by atoms with Gasteiger partial charge in [-0.3, -0.25) is 14.4 Å².